The van der Waals surface area contributed by atoms with Gasteiger partial charge in [0.25, 0.3) is 0 Å². The predicted molar refractivity (Wildman–Crippen MR) is 79.6 cm³/mol. The second-order valence-electron chi connectivity index (χ2n) is 6.30. The monoisotopic (exact) mass is 285 g/mol. The molecule has 0 radical (unpaired) electrons. The highest BCUT2D eigenvalue weighted by molar-refractivity contribution is 5.36. The van der Waals surface area contributed by atoms with E-state index >= 15 is 0 Å². The molecule has 21 heavy (non-hydrogen) atoms. The van der Waals surface area contributed by atoms with Gasteiger partial charge in [-0.25, -0.2) is 4.39 Å². The van der Waals surface area contributed by atoms with Crippen LogP contribution < -0.4 is 5.73 Å². The number of fused-ring (bicyclic) bond motifs is 1. The van der Waals surface area contributed by atoms with Gasteiger partial charge in [0, 0.05) is 23.2 Å². The van der Waals surface area contributed by atoms with Gasteiger partial charge in [-0.3, -0.25) is 4.68 Å². The molecule has 3 nitrogen and oxygen atoms in total. The SMILES string of the molecule is NC1CCCc2c1c(C1CC1)nn2Cc1ccc(F)cc1. The second-order valence-corrected chi connectivity index (χ2v) is 6.30. The smallest absolute Gasteiger partial charge is 0.123 e. The van der Waals surface area contributed by atoms with Crippen molar-refractivity contribution in [3.63, 3.8) is 0 Å². The van der Waals surface area contributed by atoms with Crippen molar-refractivity contribution in [2.45, 2.75) is 50.6 Å². The minimum absolute atomic E-state index is 0.145. The molecule has 0 aliphatic heterocycles. The van der Waals surface area contributed by atoms with E-state index in [2.05, 4.69) is 4.68 Å². The lowest BCUT2D eigenvalue weighted by atomic mass is 9.90. The molecule has 1 aromatic carbocycles. The summed E-state index contributed by atoms with van der Waals surface area (Å²) in [5.41, 5.74) is 11.3. The maximum Gasteiger partial charge on any atom is 0.123 e. The van der Waals surface area contributed by atoms with Crippen LogP contribution in [0.2, 0.25) is 0 Å². The molecule has 2 aliphatic rings. The van der Waals surface area contributed by atoms with E-state index in [4.69, 9.17) is 10.8 Å². The Labute approximate surface area is 124 Å². The van der Waals surface area contributed by atoms with Crippen molar-refractivity contribution in [3.8, 4) is 0 Å². The van der Waals surface area contributed by atoms with Crippen LogP contribution in [0, 0.1) is 5.82 Å². The van der Waals surface area contributed by atoms with Crippen LogP contribution in [0.1, 0.15) is 60.2 Å². The van der Waals surface area contributed by atoms with E-state index in [0.29, 0.717) is 12.5 Å². The van der Waals surface area contributed by atoms with Gasteiger partial charge in [-0.05, 0) is 49.8 Å². The van der Waals surface area contributed by atoms with Crippen molar-refractivity contribution in [2.75, 3.05) is 0 Å². The summed E-state index contributed by atoms with van der Waals surface area (Å²) in [5, 5.41) is 4.86. The van der Waals surface area contributed by atoms with Gasteiger partial charge < -0.3 is 5.73 Å². The highest BCUT2D eigenvalue weighted by Crippen LogP contribution is 2.45. The molecule has 0 bridgehead atoms. The molecule has 4 heteroatoms. The van der Waals surface area contributed by atoms with Crippen LogP contribution in [0.15, 0.2) is 24.3 Å². The molecule has 1 atom stereocenters. The maximum atomic E-state index is 13.0. The Morgan fingerprint density at radius 1 is 1.19 bits per heavy atom. The van der Waals surface area contributed by atoms with Gasteiger partial charge in [-0.1, -0.05) is 12.1 Å². The third kappa shape index (κ3) is 2.38. The Morgan fingerprint density at radius 2 is 1.95 bits per heavy atom. The fourth-order valence-electron chi connectivity index (χ4n) is 3.38. The molecule has 110 valence electrons. The highest BCUT2D eigenvalue weighted by Gasteiger charge is 2.34. The maximum absolute atomic E-state index is 13.0. The first-order valence-electron chi connectivity index (χ1n) is 7.82. The third-order valence-corrected chi connectivity index (χ3v) is 4.64. The Hall–Kier alpha value is -1.68. The molecule has 2 N–H and O–H groups in total. The molecule has 0 spiro atoms. The molecular weight excluding hydrogens is 265 g/mol. The molecule has 0 amide bonds. The van der Waals surface area contributed by atoms with Gasteiger partial charge in [0.1, 0.15) is 5.82 Å². The zero-order valence-corrected chi connectivity index (χ0v) is 12.1. The van der Waals surface area contributed by atoms with E-state index in [1.165, 1.54) is 41.9 Å². The predicted octanol–water partition coefficient (Wildman–Crippen LogP) is 3.28. The number of halogens is 1. The average Bonchev–Trinajstić information content (AvgIpc) is 3.26. The van der Waals surface area contributed by atoms with Crippen molar-refractivity contribution in [1.82, 2.24) is 9.78 Å². The van der Waals surface area contributed by atoms with Crippen molar-refractivity contribution < 1.29 is 4.39 Å². The van der Waals surface area contributed by atoms with Gasteiger partial charge in [0.05, 0.1) is 12.2 Å². The minimum Gasteiger partial charge on any atom is -0.324 e. The fraction of sp³-hybridized carbons (Fsp3) is 0.471. The number of nitrogens with zero attached hydrogens (tertiary/aromatic N) is 2. The van der Waals surface area contributed by atoms with E-state index in [1.54, 1.807) is 0 Å². The number of nitrogens with two attached hydrogens (primary N) is 1. The van der Waals surface area contributed by atoms with E-state index in [9.17, 15) is 4.39 Å². The van der Waals surface area contributed by atoms with Gasteiger partial charge >= 0.3 is 0 Å². The Kier molecular flexibility index (Phi) is 3.07. The highest BCUT2D eigenvalue weighted by atomic mass is 19.1. The topological polar surface area (TPSA) is 43.8 Å². The molecule has 1 unspecified atom stereocenters. The number of hydrogen-bond acceptors (Lipinski definition) is 2. The van der Waals surface area contributed by atoms with Crippen LogP contribution in [0.3, 0.4) is 0 Å². The molecule has 1 fully saturated rings. The van der Waals surface area contributed by atoms with Gasteiger partial charge in [0.15, 0.2) is 0 Å². The van der Waals surface area contributed by atoms with Crippen LogP contribution in [-0.4, -0.2) is 9.78 Å². The summed E-state index contributed by atoms with van der Waals surface area (Å²) in [6.45, 7) is 0.710. The first-order valence-corrected chi connectivity index (χ1v) is 7.82. The Balaban J connectivity index is 1.71. The van der Waals surface area contributed by atoms with Crippen LogP contribution in [0.4, 0.5) is 4.39 Å². The quantitative estimate of drug-likeness (QED) is 0.940. The lowest BCUT2D eigenvalue weighted by Gasteiger charge is -2.20. The number of hydrogen-bond donors (Lipinski definition) is 1. The van der Waals surface area contributed by atoms with Crippen molar-refractivity contribution in [3.05, 3.63) is 52.6 Å². The van der Waals surface area contributed by atoms with Gasteiger partial charge in [-0.2, -0.15) is 5.10 Å². The summed E-state index contributed by atoms with van der Waals surface area (Å²) in [6.07, 6.45) is 5.74. The first-order chi connectivity index (χ1) is 10.2. The van der Waals surface area contributed by atoms with Crippen LogP contribution >= 0.6 is 0 Å². The molecule has 4 rings (SSSR count). The molecule has 1 aromatic heterocycles. The summed E-state index contributed by atoms with van der Waals surface area (Å²) in [4.78, 5) is 0. The standard InChI is InChI=1S/C17H20FN3/c18-13-8-4-11(5-9-13)10-21-15-3-1-2-14(19)16(15)17(20-21)12-6-7-12/h4-5,8-9,12,14H,1-3,6-7,10,19H2. The molecule has 0 saturated heterocycles. The van der Waals surface area contributed by atoms with Crippen LogP contribution in [0.5, 0.6) is 0 Å². The molecule has 2 aromatic rings. The summed E-state index contributed by atoms with van der Waals surface area (Å²) in [6, 6.07) is 6.84. The summed E-state index contributed by atoms with van der Waals surface area (Å²) >= 11 is 0. The summed E-state index contributed by atoms with van der Waals surface area (Å²) in [5.74, 6) is 0.430. The van der Waals surface area contributed by atoms with Crippen molar-refractivity contribution >= 4 is 0 Å². The second kappa shape index (κ2) is 4.95. The first kappa shape index (κ1) is 13.0. The number of rotatable bonds is 3. The molecule has 1 saturated carbocycles. The lowest BCUT2D eigenvalue weighted by molar-refractivity contribution is 0.537. The lowest BCUT2D eigenvalue weighted by Crippen LogP contribution is -2.19. The third-order valence-electron chi connectivity index (χ3n) is 4.64. The zero-order chi connectivity index (χ0) is 14.4. The van der Waals surface area contributed by atoms with E-state index < -0.39 is 0 Å². The van der Waals surface area contributed by atoms with Gasteiger partial charge in [-0.15, -0.1) is 0 Å². The largest absolute Gasteiger partial charge is 0.324 e. The minimum atomic E-state index is -0.193. The summed E-state index contributed by atoms with van der Waals surface area (Å²) < 4.78 is 15.1. The van der Waals surface area contributed by atoms with E-state index in [-0.39, 0.29) is 11.9 Å². The van der Waals surface area contributed by atoms with Gasteiger partial charge in [0.2, 0.25) is 0 Å². The zero-order valence-electron chi connectivity index (χ0n) is 12.1. The van der Waals surface area contributed by atoms with E-state index in [1.807, 2.05) is 12.1 Å². The van der Waals surface area contributed by atoms with Crippen molar-refractivity contribution in [1.29, 1.82) is 0 Å². The fourth-order valence-corrected chi connectivity index (χ4v) is 3.38. The van der Waals surface area contributed by atoms with Crippen LogP contribution in [-0.2, 0) is 13.0 Å². The number of aromatic nitrogens is 2. The molecule has 1 heterocycles. The molecule has 2 aliphatic carbocycles. The Bertz CT molecular complexity index is 655. The number of benzene rings is 1. The molecular formula is C17H20FN3. The summed E-state index contributed by atoms with van der Waals surface area (Å²) in [7, 11) is 0. The Morgan fingerprint density at radius 3 is 2.67 bits per heavy atom. The normalized spacial score (nSPS) is 21.3. The van der Waals surface area contributed by atoms with Crippen molar-refractivity contribution in [2.24, 2.45) is 5.73 Å². The average molecular weight is 285 g/mol. The van der Waals surface area contributed by atoms with Crippen LogP contribution in [0.25, 0.3) is 0 Å². The van der Waals surface area contributed by atoms with E-state index in [0.717, 1.165) is 24.8 Å².